The molecule has 126 valence electrons. The van der Waals surface area contributed by atoms with Gasteiger partial charge in [-0.1, -0.05) is 19.1 Å². The van der Waals surface area contributed by atoms with Gasteiger partial charge in [0, 0.05) is 25.6 Å². The highest BCUT2D eigenvalue weighted by Gasteiger charge is 2.28. The Labute approximate surface area is 138 Å². The van der Waals surface area contributed by atoms with Gasteiger partial charge < -0.3 is 9.80 Å². The van der Waals surface area contributed by atoms with Crippen molar-refractivity contribution < 1.29 is 9.18 Å². The van der Waals surface area contributed by atoms with E-state index in [9.17, 15) is 9.18 Å². The van der Waals surface area contributed by atoms with Crippen LogP contribution < -0.4 is 0 Å². The number of hydrogen-bond acceptors (Lipinski definition) is 2. The highest BCUT2D eigenvalue weighted by molar-refractivity contribution is 5.76. The first kappa shape index (κ1) is 16.4. The van der Waals surface area contributed by atoms with Crippen molar-refractivity contribution in [2.75, 3.05) is 19.6 Å². The van der Waals surface area contributed by atoms with Gasteiger partial charge in [-0.25, -0.2) is 4.39 Å². The molecule has 2 aliphatic rings. The largest absolute Gasteiger partial charge is 0.338 e. The van der Waals surface area contributed by atoms with Crippen molar-refractivity contribution in [2.24, 2.45) is 5.92 Å². The molecule has 3 rings (SSSR count). The summed E-state index contributed by atoms with van der Waals surface area (Å²) < 4.78 is 13.0. The molecule has 0 bridgehead atoms. The molecule has 1 unspecified atom stereocenters. The monoisotopic (exact) mass is 318 g/mol. The Balaban J connectivity index is 1.57. The van der Waals surface area contributed by atoms with E-state index in [0.29, 0.717) is 19.0 Å². The molecule has 1 amide bonds. The molecule has 1 aromatic carbocycles. The second kappa shape index (κ2) is 7.43. The molecule has 0 radical (unpaired) electrons. The zero-order valence-corrected chi connectivity index (χ0v) is 14.0. The Kier molecular flexibility index (Phi) is 5.31. The number of rotatable bonds is 3. The Morgan fingerprint density at radius 3 is 2.43 bits per heavy atom. The predicted octanol–water partition coefficient (Wildman–Crippen LogP) is 3.44. The SMILES string of the molecule is CC1CCN(C2CCC(=O)N(Cc3ccc(F)cc3)CC2)CC1. The van der Waals surface area contributed by atoms with Crippen molar-refractivity contribution in [1.29, 1.82) is 0 Å². The minimum absolute atomic E-state index is 0.227. The Hall–Kier alpha value is -1.42. The van der Waals surface area contributed by atoms with Crippen molar-refractivity contribution >= 4 is 5.91 Å². The van der Waals surface area contributed by atoms with Crippen LogP contribution in [-0.2, 0) is 11.3 Å². The minimum Gasteiger partial charge on any atom is -0.338 e. The van der Waals surface area contributed by atoms with Gasteiger partial charge in [0.05, 0.1) is 0 Å². The molecule has 2 heterocycles. The maximum atomic E-state index is 13.0. The van der Waals surface area contributed by atoms with Crippen LogP contribution in [-0.4, -0.2) is 41.4 Å². The van der Waals surface area contributed by atoms with E-state index in [0.717, 1.165) is 30.9 Å². The van der Waals surface area contributed by atoms with Gasteiger partial charge in [0.2, 0.25) is 5.91 Å². The molecule has 0 aromatic heterocycles. The standard InChI is InChI=1S/C19H27FN2O/c1-15-8-11-21(12-9-15)18-6-7-19(23)22(13-10-18)14-16-2-4-17(20)5-3-16/h2-5,15,18H,6-14H2,1H3. The van der Waals surface area contributed by atoms with Crippen molar-refractivity contribution in [2.45, 2.75) is 51.6 Å². The molecule has 0 saturated carbocycles. The number of carbonyl (C=O) groups excluding carboxylic acids is 1. The maximum Gasteiger partial charge on any atom is 0.222 e. The number of amides is 1. The highest BCUT2D eigenvalue weighted by atomic mass is 19.1. The van der Waals surface area contributed by atoms with Gasteiger partial charge in [-0.3, -0.25) is 4.79 Å². The van der Waals surface area contributed by atoms with Gasteiger partial charge in [0.15, 0.2) is 0 Å². The van der Waals surface area contributed by atoms with Crippen LogP contribution in [0.15, 0.2) is 24.3 Å². The first-order chi connectivity index (χ1) is 11.1. The lowest BCUT2D eigenvalue weighted by molar-refractivity contribution is -0.131. The van der Waals surface area contributed by atoms with E-state index in [1.807, 2.05) is 4.90 Å². The van der Waals surface area contributed by atoms with Crippen molar-refractivity contribution in [3.05, 3.63) is 35.6 Å². The van der Waals surface area contributed by atoms with Crippen molar-refractivity contribution in [3.63, 3.8) is 0 Å². The molecule has 0 aliphatic carbocycles. The summed E-state index contributed by atoms with van der Waals surface area (Å²) in [5.41, 5.74) is 1.00. The van der Waals surface area contributed by atoms with Crippen LogP contribution in [0.1, 0.15) is 44.6 Å². The van der Waals surface area contributed by atoms with Crippen LogP contribution in [0.5, 0.6) is 0 Å². The summed E-state index contributed by atoms with van der Waals surface area (Å²) in [4.78, 5) is 16.9. The fourth-order valence-electron chi connectivity index (χ4n) is 3.76. The third-order valence-electron chi connectivity index (χ3n) is 5.40. The van der Waals surface area contributed by atoms with Crippen molar-refractivity contribution in [3.8, 4) is 0 Å². The Morgan fingerprint density at radius 1 is 1.04 bits per heavy atom. The molecule has 3 nitrogen and oxygen atoms in total. The van der Waals surface area contributed by atoms with Crippen LogP contribution in [0.3, 0.4) is 0 Å². The lowest BCUT2D eigenvalue weighted by atomic mass is 9.96. The van der Waals surface area contributed by atoms with Crippen LogP contribution in [0.2, 0.25) is 0 Å². The third kappa shape index (κ3) is 4.31. The molecule has 2 saturated heterocycles. The van der Waals surface area contributed by atoms with Gasteiger partial charge in [0.25, 0.3) is 0 Å². The average Bonchev–Trinajstić information content (AvgIpc) is 2.73. The fourth-order valence-corrected chi connectivity index (χ4v) is 3.76. The predicted molar refractivity (Wildman–Crippen MR) is 89.4 cm³/mol. The Bertz CT molecular complexity index is 523. The summed E-state index contributed by atoms with van der Waals surface area (Å²) >= 11 is 0. The quantitative estimate of drug-likeness (QED) is 0.852. The van der Waals surface area contributed by atoms with E-state index in [1.165, 1.54) is 38.1 Å². The molecule has 1 atom stereocenters. The molecule has 2 fully saturated rings. The number of nitrogens with zero attached hydrogens (tertiary/aromatic N) is 2. The maximum absolute atomic E-state index is 13.0. The summed E-state index contributed by atoms with van der Waals surface area (Å²) in [5, 5.41) is 0. The molecule has 23 heavy (non-hydrogen) atoms. The number of hydrogen-bond donors (Lipinski definition) is 0. The van der Waals surface area contributed by atoms with Crippen LogP contribution >= 0.6 is 0 Å². The number of halogens is 1. The summed E-state index contributed by atoms with van der Waals surface area (Å²) in [5.74, 6) is 0.853. The second-order valence-corrected chi connectivity index (χ2v) is 7.14. The summed E-state index contributed by atoms with van der Waals surface area (Å²) in [6, 6.07) is 7.03. The number of likely N-dealkylation sites (tertiary alicyclic amines) is 2. The van der Waals surface area contributed by atoms with Crippen LogP contribution in [0, 0.1) is 11.7 Å². The summed E-state index contributed by atoms with van der Waals surface area (Å²) in [6.07, 6.45) is 5.24. The highest BCUT2D eigenvalue weighted by Crippen LogP contribution is 2.24. The Morgan fingerprint density at radius 2 is 1.74 bits per heavy atom. The van der Waals surface area contributed by atoms with Gasteiger partial charge in [-0.05, 0) is 62.4 Å². The molecular formula is C19H27FN2O. The molecular weight excluding hydrogens is 291 g/mol. The first-order valence-electron chi connectivity index (χ1n) is 8.88. The fraction of sp³-hybridized carbons (Fsp3) is 0.632. The normalized spacial score (nSPS) is 24.7. The number of piperidine rings is 1. The van der Waals surface area contributed by atoms with Crippen LogP contribution in [0.25, 0.3) is 0 Å². The van der Waals surface area contributed by atoms with Gasteiger partial charge >= 0.3 is 0 Å². The first-order valence-corrected chi connectivity index (χ1v) is 8.88. The topological polar surface area (TPSA) is 23.6 Å². The minimum atomic E-state index is -0.227. The summed E-state index contributed by atoms with van der Waals surface area (Å²) in [7, 11) is 0. The van der Waals surface area contributed by atoms with Gasteiger partial charge in [-0.2, -0.15) is 0 Å². The molecule has 0 N–H and O–H groups in total. The van der Waals surface area contributed by atoms with E-state index in [-0.39, 0.29) is 11.7 Å². The smallest absolute Gasteiger partial charge is 0.222 e. The average molecular weight is 318 g/mol. The number of benzene rings is 1. The second-order valence-electron chi connectivity index (χ2n) is 7.14. The lowest BCUT2D eigenvalue weighted by Crippen LogP contribution is -2.41. The van der Waals surface area contributed by atoms with Crippen LogP contribution in [0.4, 0.5) is 4.39 Å². The number of carbonyl (C=O) groups is 1. The van der Waals surface area contributed by atoms with E-state index >= 15 is 0 Å². The van der Waals surface area contributed by atoms with Gasteiger partial charge in [-0.15, -0.1) is 0 Å². The van der Waals surface area contributed by atoms with Gasteiger partial charge in [0.1, 0.15) is 5.82 Å². The van der Waals surface area contributed by atoms with Crippen molar-refractivity contribution in [1.82, 2.24) is 9.80 Å². The zero-order valence-electron chi connectivity index (χ0n) is 14.0. The molecule has 2 aliphatic heterocycles. The van der Waals surface area contributed by atoms with E-state index < -0.39 is 0 Å². The lowest BCUT2D eigenvalue weighted by Gasteiger charge is -2.36. The molecule has 4 heteroatoms. The molecule has 1 aromatic rings. The van der Waals surface area contributed by atoms with E-state index in [1.54, 1.807) is 12.1 Å². The molecule has 0 spiro atoms. The summed E-state index contributed by atoms with van der Waals surface area (Å²) in [6.45, 7) is 6.10. The van der Waals surface area contributed by atoms with E-state index in [2.05, 4.69) is 11.8 Å². The van der Waals surface area contributed by atoms with E-state index in [4.69, 9.17) is 0 Å². The zero-order chi connectivity index (χ0) is 16.2. The third-order valence-corrected chi connectivity index (χ3v) is 5.40.